The Morgan fingerprint density at radius 3 is 1.40 bits per heavy atom. The van der Waals surface area contributed by atoms with Crippen molar-refractivity contribution in [3.63, 3.8) is 0 Å². The second-order valence-electron chi connectivity index (χ2n) is 11.4. The molecule has 0 spiro atoms. The van der Waals surface area contributed by atoms with Gasteiger partial charge >= 0.3 is 0 Å². The van der Waals surface area contributed by atoms with Crippen LogP contribution in [0.3, 0.4) is 0 Å². The van der Waals surface area contributed by atoms with Crippen LogP contribution in [0.25, 0.3) is 42.4 Å². The number of para-hydroxylation sites is 4. The van der Waals surface area contributed by atoms with Crippen LogP contribution in [-0.2, 0) is 0 Å². The summed E-state index contributed by atoms with van der Waals surface area (Å²) < 4.78 is 2.67. The van der Waals surface area contributed by atoms with Crippen molar-refractivity contribution in [2.45, 2.75) is 0 Å². The number of hydrogen-bond acceptors (Lipinski definition) is 3. The number of anilines is 6. The smallest absolute Gasteiger partial charge is 0.0703 e. The van der Waals surface area contributed by atoms with E-state index in [1.165, 1.54) is 42.4 Å². The molecule has 1 aliphatic heterocycles. The molecule has 0 N–H and O–H groups in total. The van der Waals surface area contributed by atoms with Gasteiger partial charge in [-0.25, -0.2) is 0 Å². The molecule has 2 nitrogen and oxygen atoms in total. The van der Waals surface area contributed by atoms with Gasteiger partial charge < -0.3 is 9.80 Å². The lowest BCUT2D eigenvalue weighted by Crippen LogP contribution is -2.23. The van der Waals surface area contributed by atoms with Crippen molar-refractivity contribution < 1.29 is 0 Å². The Hall–Kier alpha value is -5.64. The molecular formula is C42H28N2S. The molecule has 1 aromatic heterocycles. The zero-order chi connectivity index (χ0) is 29.7. The number of thiophene rings is 1. The highest BCUT2D eigenvalue weighted by Gasteiger charge is 2.30. The lowest BCUT2D eigenvalue weighted by atomic mass is 10.0. The minimum absolute atomic E-state index is 1.14. The lowest BCUT2D eigenvalue weighted by molar-refractivity contribution is 1.17. The predicted molar refractivity (Wildman–Crippen MR) is 193 cm³/mol. The Kier molecular flexibility index (Phi) is 6.03. The highest BCUT2D eigenvalue weighted by Crippen LogP contribution is 2.54. The monoisotopic (exact) mass is 592 g/mol. The molecule has 0 unspecified atom stereocenters. The third-order valence-corrected chi connectivity index (χ3v) is 10.0. The third-order valence-electron chi connectivity index (χ3n) is 8.80. The fourth-order valence-corrected chi connectivity index (χ4v) is 7.94. The molecule has 0 aliphatic carbocycles. The van der Waals surface area contributed by atoms with Crippen molar-refractivity contribution in [1.82, 2.24) is 0 Å². The molecule has 0 radical (unpaired) electrons. The minimum Gasteiger partial charge on any atom is -0.306 e. The number of hydrogen-bond donors (Lipinski definition) is 0. The second-order valence-corrected chi connectivity index (χ2v) is 12.4. The zero-order valence-electron chi connectivity index (χ0n) is 24.5. The van der Waals surface area contributed by atoms with Gasteiger partial charge in [-0.2, -0.15) is 0 Å². The molecule has 0 fully saturated rings. The first-order valence-electron chi connectivity index (χ1n) is 15.3. The van der Waals surface area contributed by atoms with E-state index in [-0.39, 0.29) is 0 Å². The van der Waals surface area contributed by atoms with Crippen molar-refractivity contribution >= 4 is 65.6 Å². The van der Waals surface area contributed by atoms with E-state index in [2.05, 4.69) is 180 Å². The van der Waals surface area contributed by atoms with Gasteiger partial charge in [0.25, 0.3) is 0 Å². The summed E-state index contributed by atoms with van der Waals surface area (Å²) in [7, 11) is 0. The van der Waals surface area contributed by atoms with E-state index in [4.69, 9.17) is 0 Å². The zero-order valence-corrected chi connectivity index (χ0v) is 25.3. The van der Waals surface area contributed by atoms with Crippen LogP contribution in [0.15, 0.2) is 170 Å². The topological polar surface area (TPSA) is 6.48 Å². The average Bonchev–Trinajstić information content (AvgIpc) is 3.50. The van der Waals surface area contributed by atoms with E-state index in [1.54, 1.807) is 0 Å². The molecule has 0 bridgehead atoms. The van der Waals surface area contributed by atoms with Gasteiger partial charge in [0.05, 0.1) is 22.7 Å². The normalized spacial score (nSPS) is 12.4. The molecule has 0 saturated heterocycles. The molecule has 7 aromatic carbocycles. The van der Waals surface area contributed by atoms with Crippen LogP contribution in [-0.4, -0.2) is 0 Å². The van der Waals surface area contributed by atoms with Gasteiger partial charge in [0.15, 0.2) is 0 Å². The summed E-state index contributed by atoms with van der Waals surface area (Å²) >= 11 is 1.88. The Balaban J connectivity index is 1.13. The lowest BCUT2D eigenvalue weighted by Gasteiger charge is -2.40. The van der Waals surface area contributed by atoms with Crippen LogP contribution >= 0.6 is 11.3 Å². The maximum Gasteiger partial charge on any atom is 0.0703 e. The van der Waals surface area contributed by atoms with Crippen molar-refractivity contribution in [2.75, 3.05) is 9.80 Å². The van der Waals surface area contributed by atoms with E-state index in [1.807, 2.05) is 11.3 Å². The number of fused-ring (bicyclic) bond motifs is 5. The first-order chi connectivity index (χ1) is 22.3. The first kappa shape index (κ1) is 25.8. The molecule has 0 saturated carbocycles. The third kappa shape index (κ3) is 4.24. The Labute approximate surface area is 266 Å². The highest BCUT2D eigenvalue weighted by atomic mass is 32.1. The largest absolute Gasteiger partial charge is 0.306 e. The average molecular weight is 593 g/mol. The van der Waals surface area contributed by atoms with Crippen molar-refractivity contribution in [3.8, 4) is 22.3 Å². The maximum atomic E-state index is 2.39. The van der Waals surface area contributed by atoms with E-state index in [0.29, 0.717) is 0 Å². The molecule has 212 valence electrons. The fraction of sp³-hybridized carbons (Fsp3) is 0. The van der Waals surface area contributed by atoms with Crippen molar-refractivity contribution in [3.05, 3.63) is 170 Å². The molecular weight excluding hydrogens is 565 g/mol. The predicted octanol–water partition coefficient (Wildman–Crippen LogP) is 12.6. The Morgan fingerprint density at radius 2 is 0.800 bits per heavy atom. The van der Waals surface area contributed by atoms with Gasteiger partial charge in [-0.15, -0.1) is 11.3 Å². The van der Waals surface area contributed by atoms with Gasteiger partial charge in [0, 0.05) is 31.5 Å². The number of nitrogens with zero attached hydrogens (tertiary/aromatic N) is 2. The molecule has 1 aliphatic rings. The Bertz CT molecular complexity index is 2270. The van der Waals surface area contributed by atoms with Crippen LogP contribution in [0, 0.1) is 0 Å². The molecule has 0 atom stereocenters. The maximum absolute atomic E-state index is 2.39. The van der Waals surface area contributed by atoms with Gasteiger partial charge in [0.2, 0.25) is 0 Å². The van der Waals surface area contributed by atoms with Crippen molar-refractivity contribution in [1.29, 1.82) is 0 Å². The summed E-state index contributed by atoms with van der Waals surface area (Å²) in [5.41, 5.74) is 11.9. The van der Waals surface area contributed by atoms with E-state index in [9.17, 15) is 0 Å². The minimum atomic E-state index is 1.14. The fourth-order valence-electron chi connectivity index (χ4n) is 6.70. The van der Waals surface area contributed by atoms with Crippen LogP contribution in [0.4, 0.5) is 34.1 Å². The number of rotatable bonds is 4. The second kappa shape index (κ2) is 10.5. The van der Waals surface area contributed by atoms with E-state index in [0.717, 1.165) is 34.1 Å². The standard InChI is InChI=1S/C42H28N2S/c1-2-11-29(12-3-1)30-21-25-32(26-22-30)43-37-16-5-7-18-39(37)44(40-19-8-6-17-38(40)43)33-27-23-31(24-28-33)34-14-10-15-36-35-13-4-9-20-41(35)45-42(34)36/h1-28H. The summed E-state index contributed by atoms with van der Waals surface area (Å²) in [6.45, 7) is 0. The van der Waals surface area contributed by atoms with Gasteiger partial charge in [-0.05, 0) is 76.9 Å². The highest BCUT2D eigenvalue weighted by molar-refractivity contribution is 7.26. The summed E-state index contributed by atoms with van der Waals surface area (Å²) in [6, 6.07) is 61.3. The molecule has 0 amide bonds. The molecule has 2 heterocycles. The molecule has 9 rings (SSSR count). The summed E-state index contributed by atoms with van der Waals surface area (Å²) in [5.74, 6) is 0. The molecule has 8 aromatic rings. The summed E-state index contributed by atoms with van der Waals surface area (Å²) in [5, 5.41) is 2.66. The van der Waals surface area contributed by atoms with E-state index < -0.39 is 0 Å². The van der Waals surface area contributed by atoms with Gasteiger partial charge in [0.1, 0.15) is 0 Å². The number of benzene rings is 7. The Morgan fingerprint density at radius 1 is 0.333 bits per heavy atom. The summed E-state index contributed by atoms with van der Waals surface area (Å²) in [6.07, 6.45) is 0. The van der Waals surface area contributed by atoms with Crippen LogP contribution in [0.5, 0.6) is 0 Å². The first-order valence-corrected chi connectivity index (χ1v) is 16.1. The SMILES string of the molecule is c1ccc(-c2ccc(N3c4ccccc4N(c4ccc(-c5cccc6c5sc5ccccc56)cc4)c4ccccc43)cc2)cc1. The van der Waals surface area contributed by atoms with Crippen molar-refractivity contribution in [2.24, 2.45) is 0 Å². The van der Waals surface area contributed by atoms with Gasteiger partial charge in [-0.1, -0.05) is 115 Å². The summed E-state index contributed by atoms with van der Waals surface area (Å²) in [4.78, 5) is 4.77. The quantitative estimate of drug-likeness (QED) is 0.201. The molecule has 45 heavy (non-hydrogen) atoms. The van der Waals surface area contributed by atoms with Crippen LogP contribution in [0.2, 0.25) is 0 Å². The van der Waals surface area contributed by atoms with E-state index >= 15 is 0 Å². The molecule has 3 heteroatoms. The van der Waals surface area contributed by atoms with Gasteiger partial charge in [-0.3, -0.25) is 0 Å². The van der Waals surface area contributed by atoms with Crippen LogP contribution in [0.1, 0.15) is 0 Å². The van der Waals surface area contributed by atoms with Crippen LogP contribution < -0.4 is 9.80 Å².